The third-order valence-corrected chi connectivity index (χ3v) is 4.65. The summed E-state index contributed by atoms with van der Waals surface area (Å²) < 4.78 is 5.37. The van der Waals surface area contributed by atoms with Crippen molar-refractivity contribution in [3.05, 3.63) is 42.0 Å². The van der Waals surface area contributed by atoms with Crippen LogP contribution in [0.15, 0.2) is 36.4 Å². The van der Waals surface area contributed by atoms with E-state index in [0.29, 0.717) is 0 Å². The minimum Gasteiger partial charge on any atom is -0.497 e. The molecule has 0 aromatic heterocycles. The number of benzene rings is 2. The molecule has 110 valence electrons. The average Bonchev–Trinajstić information content (AvgIpc) is 2.45. The van der Waals surface area contributed by atoms with E-state index in [4.69, 9.17) is 4.74 Å². The fraction of sp³-hybridized carbons (Fsp3) is 0.389. The van der Waals surface area contributed by atoms with E-state index in [0.717, 1.165) is 25.1 Å². The topological polar surface area (TPSA) is 38.3 Å². The van der Waals surface area contributed by atoms with Crippen molar-refractivity contribution in [3.8, 4) is 5.75 Å². The van der Waals surface area contributed by atoms with Crippen molar-refractivity contribution in [2.24, 2.45) is 0 Å². The van der Waals surface area contributed by atoms with Gasteiger partial charge in [-0.15, -0.1) is 0 Å². The number of rotatable bonds is 4. The van der Waals surface area contributed by atoms with E-state index in [2.05, 4.69) is 35.6 Å². The molecule has 0 radical (unpaired) electrons. The van der Waals surface area contributed by atoms with Crippen LogP contribution in [-0.2, 0) is 10.2 Å². The van der Waals surface area contributed by atoms with Gasteiger partial charge in [0, 0.05) is 18.9 Å². The lowest BCUT2D eigenvalue weighted by atomic mass is 9.63. The lowest BCUT2D eigenvalue weighted by Gasteiger charge is -2.43. The van der Waals surface area contributed by atoms with Gasteiger partial charge in [0.15, 0.2) is 0 Å². The van der Waals surface area contributed by atoms with Crippen molar-refractivity contribution in [1.29, 1.82) is 0 Å². The first-order valence-corrected chi connectivity index (χ1v) is 7.46. The van der Waals surface area contributed by atoms with Gasteiger partial charge in [-0.2, -0.15) is 0 Å². The summed E-state index contributed by atoms with van der Waals surface area (Å²) in [5.74, 6) is 0.919. The summed E-state index contributed by atoms with van der Waals surface area (Å²) in [6, 6.07) is 12.6. The molecule has 1 aliphatic carbocycles. The zero-order valence-corrected chi connectivity index (χ0v) is 12.6. The maximum absolute atomic E-state index is 11.3. The highest BCUT2D eigenvalue weighted by atomic mass is 16.5. The first-order valence-electron chi connectivity index (χ1n) is 7.46. The van der Waals surface area contributed by atoms with Crippen LogP contribution in [0, 0.1) is 0 Å². The van der Waals surface area contributed by atoms with Crippen LogP contribution < -0.4 is 10.1 Å². The number of hydrogen-bond acceptors (Lipinski definition) is 2. The van der Waals surface area contributed by atoms with Crippen LogP contribution in [0.3, 0.4) is 0 Å². The quantitative estimate of drug-likeness (QED) is 0.934. The second-order valence-electron chi connectivity index (χ2n) is 5.94. The van der Waals surface area contributed by atoms with E-state index < -0.39 is 0 Å². The Morgan fingerprint density at radius 3 is 2.71 bits per heavy atom. The highest BCUT2D eigenvalue weighted by molar-refractivity contribution is 5.88. The van der Waals surface area contributed by atoms with E-state index in [9.17, 15) is 4.79 Å². The number of nitrogens with one attached hydrogen (secondary N) is 1. The Kier molecular flexibility index (Phi) is 3.58. The minimum atomic E-state index is 0.0408. The van der Waals surface area contributed by atoms with Crippen molar-refractivity contribution >= 4 is 16.7 Å². The van der Waals surface area contributed by atoms with Crippen LogP contribution in [0.1, 0.15) is 31.7 Å². The van der Waals surface area contributed by atoms with E-state index in [1.54, 1.807) is 14.0 Å². The van der Waals surface area contributed by atoms with Gasteiger partial charge in [-0.1, -0.05) is 30.7 Å². The van der Waals surface area contributed by atoms with Crippen LogP contribution in [0.5, 0.6) is 5.75 Å². The molecule has 0 spiro atoms. The summed E-state index contributed by atoms with van der Waals surface area (Å²) in [6.45, 7) is 2.30. The molecule has 1 amide bonds. The second kappa shape index (κ2) is 5.40. The number of carbonyl (C=O) groups is 1. The Morgan fingerprint density at radius 2 is 2.10 bits per heavy atom. The largest absolute Gasteiger partial charge is 0.497 e. The zero-order chi connectivity index (χ0) is 14.9. The molecule has 21 heavy (non-hydrogen) atoms. The Balaban J connectivity index is 2.07. The fourth-order valence-corrected chi connectivity index (χ4v) is 3.28. The molecule has 0 heterocycles. The van der Waals surface area contributed by atoms with E-state index in [1.165, 1.54) is 22.8 Å². The van der Waals surface area contributed by atoms with Gasteiger partial charge in [0.05, 0.1) is 7.11 Å². The summed E-state index contributed by atoms with van der Waals surface area (Å²) in [7, 11) is 1.69. The molecule has 0 aliphatic heterocycles. The summed E-state index contributed by atoms with van der Waals surface area (Å²) in [4.78, 5) is 11.3. The molecule has 2 aromatic rings. The van der Waals surface area contributed by atoms with Gasteiger partial charge in [0.1, 0.15) is 5.75 Å². The molecule has 3 nitrogen and oxygen atoms in total. The zero-order valence-electron chi connectivity index (χ0n) is 12.6. The number of methoxy groups -OCH3 is 1. The van der Waals surface area contributed by atoms with Crippen LogP contribution in [0.4, 0.5) is 0 Å². The number of ether oxygens (including phenoxy) is 1. The van der Waals surface area contributed by atoms with Gasteiger partial charge in [-0.25, -0.2) is 0 Å². The molecule has 2 aromatic carbocycles. The Hall–Kier alpha value is -2.03. The molecule has 0 atom stereocenters. The minimum absolute atomic E-state index is 0.0408. The molecule has 1 fully saturated rings. The van der Waals surface area contributed by atoms with Crippen LogP contribution >= 0.6 is 0 Å². The van der Waals surface area contributed by atoms with Gasteiger partial charge in [0.25, 0.3) is 0 Å². The smallest absolute Gasteiger partial charge is 0.216 e. The summed E-state index contributed by atoms with van der Waals surface area (Å²) in [6.07, 6.45) is 3.48. The van der Waals surface area contributed by atoms with Crippen molar-refractivity contribution in [2.75, 3.05) is 13.7 Å². The van der Waals surface area contributed by atoms with Crippen molar-refractivity contribution in [1.82, 2.24) is 5.32 Å². The molecule has 0 saturated heterocycles. The Labute approximate surface area is 125 Å². The molecule has 0 unspecified atom stereocenters. The molecular formula is C18H21NO2. The van der Waals surface area contributed by atoms with Crippen LogP contribution in [0.25, 0.3) is 10.8 Å². The van der Waals surface area contributed by atoms with Gasteiger partial charge in [0.2, 0.25) is 5.91 Å². The van der Waals surface area contributed by atoms with Crippen molar-refractivity contribution in [3.63, 3.8) is 0 Å². The SMILES string of the molecule is COc1ccc2cccc(C3(CNC(C)=O)CCC3)c2c1. The first-order chi connectivity index (χ1) is 10.1. The first kappa shape index (κ1) is 13.9. The third kappa shape index (κ3) is 2.48. The highest BCUT2D eigenvalue weighted by Crippen LogP contribution is 2.46. The third-order valence-electron chi connectivity index (χ3n) is 4.65. The van der Waals surface area contributed by atoms with E-state index in [1.807, 2.05) is 6.07 Å². The highest BCUT2D eigenvalue weighted by Gasteiger charge is 2.39. The number of amides is 1. The van der Waals surface area contributed by atoms with E-state index >= 15 is 0 Å². The molecule has 3 heteroatoms. The van der Waals surface area contributed by atoms with Gasteiger partial charge < -0.3 is 10.1 Å². The summed E-state index contributed by atoms with van der Waals surface area (Å²) >= 11 is 0. The fourth-order valence-electron chi connectivity index (χ4n) is 3.28. The van der Waals surface area contributed by atoms with Gasteiger partial charge in [-0.05, 0) is 41.3 Å². The summed E-state index contributed by atoms with van der Waals surface area (Å²) in [5.41, 5.74) is 1.41. The molecule has 1 saturated carbocycles. The number of carbonyl (C=O) groups excluding carboxylic acids is 1. The Bertz CT molecular complexity index is 674. The molecule has 0 bridgehead atoms. The average molecular weight is 283 g/mol. The second-order valence-corrected chi connectivity index (χ2v) is 5.94. The van der Waals surface area contributed by atoms with Gasteiger partial charge in [-0.3, -0.25) is 4.79 Å². The van der Waals surface area contributed by atoms with Crippen LogP contribution in [-0.4, -0.2) is 19.6 Å². The normalized spacial score (nSPS) is 16.3. The number of hydrogen-bond donors (Lipinski definition) is 1. The molecule has 1 N–H and O–H groups in total. The standard InChI is InChI=1S/C18H21NO2/c1-13(20)19-12-18(9-4-10-18)17-6-3-5-14-7-8-15(21-2)11-16(14)17/h3,5-8,11H,4,9-10,12H2,1-2H3,(H,19,20). The molecule has 1 aliphatic rings. The summed E-state index contributed by atoms with van der Waals surface area (Å²) in [5, 5.41) is 5.47. The van der Waals surface area contributed by atoms with Crippen molar-refractivity contribution < 1.29 is 9.53 Å². The lowest BCUT2D eigenvalue weighted by molar-refractivity contribution is -0.119. The predicted octanol–water partition coefficient (Wildman–Crippen LogP) is 3.41. The van der Waals surface area contributed by atoms with Gasteiger partial charge >= 0.3 is 0 Å². The monoisotopic (exact) mass is 283 g/mol. The predicted molar refractivity (Wildman–Crippen MR) is 84.7 cm³/mol. The maximum Gasteiger partial charge on any atom is 0.216 e. The maximum atomic E-state index is 11.3. The van der Waals surface area contributed by atoms with Crippen LogP contribution in [0.2, 0.25) is 0 Å². The lowest BCUT2D eigenvalue weighted by Crippen LogP contribution is -2.45. The number of fused-ring (bicyclic) bond motifs is 1. The molecule has 3 rings (SSSR count). The van der Waals surface area contributed by atoms with Crippen molar-refractivity contribution in [2.45, 2.75) is 31.6 Å². The van der Waals surface area contributed by atoms with E-state index in [-0.39, 0.29) is 11.3 Å². The Morgan fingerprint density at radius 1 is 1.29 bits per heavy atom. The molecular weight excluding hydrogens is 262 g/mol.